The van der Waals surface area contributed by atoms with E-state index in [1.807, 2.05) is 24.8 Å². The summed E-state index contributed by atoms with van der Waals surface area (Å²) in [6.07, 6.45) is 4.80. The number of amides is 1. The van der Waals surface area contributed by atoms with Gasteiger partial charge in [0.2, 0.25) is 5.91 Å². The third kappa shape index (κ3) is 4.37. The lowest BCUT2D eigenvalue weighted by Gasteiger charge is -2.31. The topological polar surface area (TPSA) is 42.4 Å². The molecular formula is C16H24N2O2. The van der Waals surface area contributed by atoms with Gasteiger partial charge in [-0.3, -0.25) is 9.78 Å². The first-order valence-corrected chi connectivity index (χ1v) is 6.99. The second-order valence-corrected chi connectivity index (χ2v) is 5.12. The molecule has 0 saturated carbocycles. The third-order valence-electron chi connectivity index (χ3n) is 3.35. The summed E-state index contributed by atoms with van der Waals surface area (Å²) in [6, 6.07) is 2.06. The largest absolute Gasteiger partial charge is 0.492 e. The van der Waals surface area contributed by atoms with Crippen LogP contribution in [0.3, 0.4) is 0 Å². The van der Waals surface area contributed by atoms with Crippen molar-refractivity contribution in [1.82, 2.24) is 9.88 Å². The van der Waals surface area contributed by atoms with Gasteiger partial charge in [0.25, 0.3) is 0 Å². The van der Waals surface area contributed by atoms with Crippen LogP contribution in [0, 0.1) is 5.92 Å². The molecule has 0 aliphatic carbocycles. The molecule has 1 aromatic heterocycles. The molecule has 0 aromatic carbocycles. The number of nitrogens with zero attached hydrogens (tertiary/aromatic N) is 2. The molecule has 0 spiro atoms. The normalized spacial score (nSPS) is 12.1. The Kier molecular flexibility index (Phi) is 6.22. The molecule has 1 unspecified atom stereocenters. The molecule has 0 aliphatic rings. The number of aromatic nitrogens is 1. The zero-order valence-electron chi connectivity index (χ0n) is 12.8. The van der Waals surface area contributed by atoms with E-state index in [0.717, 1.165) is 11.3 Å². The maximum Gasteiger partial charge on any atom is 0.246 e. The van der Waals surface area contributed by atoms with Gasteiger partial charge in [0, 0.05) is 18.8 Å². The lowest BCUT2D eigenvalue weighted by molar-refractivity contribution is -0.129. The predicted molar refractivity (Wildman–Crippen MR) is 80.5 cm³/mol. The summed E-state index contributed by atoms with van der Waals surface area (Å²) in [4.78, 5) is 18.0. The highest BCUT2D eigenvalue weighted by atomic mass is 16.5. The molecule has 110 valence electrons. The van der Waals surface area contributed by atoms with Crippen LogP contribution >= 0.6 is 0 Å². The molecule has 0 saturated heterocycles. The van der Waals surface area contributed by atoms with Gasteiger partial charge in [0.1, 0.15) is 5.75 Å². The van der Waals surface area contributed by atoms with Crippen LogP contribution in [0.5, 0.6) is 5.75 Å². The van der Waals surface area contributed by atoms with Gasteiger partial charge in [-0.15, -0.1) is 0 Å². The van der Waals surface area contributed by atoms with Gasteiger partial charge in [-0.1, -0.05) is 20.4 Å². The van der Waals surface area contributed by atoms with Crippen LogP contribution in [0.2, 0.25) is 0 Å². The van der Waals surface area contributed by atoms with Crippen LogP contribution in [0.15, 0.2) is 31.1 Å². The Morgan fingerprint density at radius 1 is 1.45 bits per heavy atom. The van der Waals surface area contributed by atoms with Gasteiger partial charge in [0.05, 0.1) is 12.8 Å². The lowest BCUT2D eigenvalue weighted by atomic mass is 10.0. The van der Waals surface area contributed by atoms with Crippen molar-refractivity contribution in [3.05, 3.63) is 36.7 Å². The van der Waals surface area contributed by atoms with Gasteiger partial charge in [-0.25, -0.2) is 0 Å². The van der Waals surface area contributed by atoms with Crippen molar-refractivity contribution >= 4 is 5.91 Å². The van der Waals surface area contributed by atoms with Crippen molar-refractivity contribution in [1.29, 1.82) is 0 Å². The van der Waals surface area contributed by atoms with Crippen LogP contribution in [0.25, 0.3) is 0 Å². The highest BCUT2D eigenvalue weighted by Crippen LogP contribution is 2.17. The van der Waals surface area contributed by atoms with E-state index in [1.165, 1.54) is 6.08 Å². The molecule has 0 aliphatic heterocycles. The molecule has 0 radical (unpaired) electrons. The summed E-state index contributed by atoms with van der Waals surface area (Å²) in [6.45, 7) is 12.9. The van der Waals surface area contributed by atoms with Crippen molar-refractivity contribution in [2.45, 2.75) is 40.3 Å². The number of rotatable bonds is 7. The Balaban J connectivity index is 2.91. The summed E-state index contributed by atoms with van der Waals surface area (Å²) >= 11 is 0. The Labute approximate surface area is 121 Å². The maximum atomic E-state index is 12.0. The van der Waals surface area contributed by atoms with Crippen molar-refractivity contribution in [3.8, 4) is 5.75 Å². The number of carbonyl (C=O) groups is 1. The average Bonchev–Trinajstić information content (AvgIpc) is 2.44. The van der Waals surface area contributed by atoms with E-state index in [9.17, 15) is 4.79 Å². The molecule has 1 aromatic rings. The molecule has 4 heteroatoms. The first kappa shape index (κ1) is 16.2. The van der Waals surface area contributed by atoms with E-state index in [-0.39, 0.29) is 11.9 Å². The van der Waals surface area contributed by atoms with Gasteiger partial charge in [0.15, 0.2) is 0 Å². The minimum absolute atomic E-state index is 0.0620. The molecule has 0 bridgehead atoms. The van der Waals surface area contributed by atoms with Crippen molar-refractivity contribution in [2.24, 2.45) is 5.92 Å². The van der Waals surface area contributed by atoms with Gasteiger partial charge in [-0.2, -0.15) is 0 Å². The molecule has 1 atom stereocenters. The quantitative estimate of drug-likeness (QED) is 0.719. The van der Waals surface area contributed by atoms with E-state index >= 15 is 0 Å². The molecule has 1 rings (SSSR count). The highest BCUT2D eigenvalue weighted by molar-refractivity contribution is 5.87. The Bertz CT molecular complexity index is 458. The van der Waals surface area contributed by atoms with Crippen molar-refractivity contribution < 1.29 is 9.53 Å². The van der Waals surface area contributed by atoms with Gasteiger partial charge in [-0.05, 0) is 37.5 Å². The van der Waals surface area contributed by atoms with Crippen LogP contribution in [0.4, 0.5) is 0 Å². The van der Waals surface area contributed by atoms with Crippen LogP contribution in [-0.2, 0) is 11.3 Å². The van der Waals surface area contributed by atoms with E-state index in [2.05, 4.69) is 25.4 Å². The monoisotopic (exact) mass is 276 g/mol. The smallest absolute Gasteiger partial charge is 0.246 e. The highest BCUT2D eigenvalue weighted by Gasteiger charge is 2.21. The fraction of sp³-hybridized carbons (Fsp3) is 0.500. The fourth-order valence-electron chi connectivity index (χ4n) is 1.89. The number of hydrogen-bond donors (Lipinski definition) is 0. The summed E-state index contributed by atoms with van der Waals surface area (Å²) in [7, 11) is 0. The molecular weight excluding hydrogens is 252 g/mol. The summed E-state index contributed by atoms with van der Waals surface area (Å²) in [5.41, 5.74) is 0.957. The summed E-state index contributed by atoms with van der Waals surface area (Å²) in [5.74, 6) is 1.04. The van der Waals surface area contributed by atoms with Crippen LogP contribution in [0.1, 0.15) is 33.3 Å². The average molecular weight is 276 g/mol. The molecule has 0 N–H and O–H groups in total. The van der Waals surface area contributed by atoms with E-state index in [4.69, 9.17) is 4.74 Å². The second-order valence-electron chi connectivity index (χ2n) is 5.12. The number of ether oxygens (including phenoxy) is 1. The van der Waals surface area contributed by atoms with Gasteiger partial charge < -0.3 is 9.64 Å². The fourth-order valence-corrected chi connectivity index (χ4v) is 1.89. The van der Waals surface area contributed by atoms with Crippen molar-refractivity contribution in [2.75, 3.05) is 6.61 Å². The summed E-state index contributed by atoms with van der Waals surface area (Å²) < 4.78 is 5.44. The molecule has 0 fully saturated rings. The summed E-state index contributed by atoms with van der Waals surface area (Å²) in [5, 5.41) is 0. The maximum absolute atomic E-state index is 12.0. The van der Waals surface area contributed by atoms with Crippen molar-refractivity contribution in [3.63, 3.8) is 0 Å². The zero-order chi connectivity index (χ0) is 15.1. The number of hydrogen-bond acceptors (Lipinski definition) is 3. The standard InChI is InChI=1S/C16H24N2O2/c1-6-16(19)18(13(5)12(3)4)11-14-8-15(20-7-2)10-17-9-14/h6,8-10,12-13H,1,7,11H2,2-5H3. The van der Waals surface area contributed by atoms with E-state index < -0.39 is 0 Å². The minimum atomic E-state index is -0.0620. The van der Waals surface area contributed by atoms with E-state index in [1.54, 1.807) is 12.4 Å². The molecule has 1 heterocycles. The van der Waals surface area contributed by atoms with Gasteiger partial charge >= 0.3 is 0 Å². The first-order chi connectivity index (χ1) is 9.49. The Hall–Kier alpha value is -1.84. The lowest BCUT2D eigenvalue weighted by Crippen LogP contribution is -2.40. The van der Waals surface area contributed by atoms with Crippen LogP contribution in [-0.4, -0.2) is 28.4 Å². The molecule has 1 amide bonds. The zero-order valence-corrected chi connectivity index (χ0v) is 12.8. The number of carbonyl (C=O) groups excluding carboxylic acids is 1. The predicted octanol–water partition coefficient (Wildman–Crippen LogP) is 3.04. The Morgan fingerprint density at radius 3 is 2.70 bits per heavy atom. The SMILES string of the molecule is C=CC(=O)N(Cc1cncc(OCC)c1)C(C)C(C)C. The first-order valence-electron chi connectivity index (χ1n) is 6.99. The van der Waals surface area contributed by atoms with E-state index in [0.29, 0.717) is 19.1 Å². The number of pyridine rings is 1. The van der Waals surface area contributed by atoms with Crippen LogP contribution < -0.4 is 4.74 Å². The second kappa shape index (κ2) is 7.68. The molecule has 4 nitrogen and oxygen atoms in total. The minimum Gasteiger partial charge on any atom is -0.492 e. The molecule has 20 heavy (non-hydrogen) atoms. The Morgan fingerprint density at radius 2 is 2.15 bits per heavy atom. The third-order valence-corrected chi connectivity index (χ3v) is 3.35.